The molecule has 154 valence electrons. The van der Waals surface area contributed by atoms with Crippen LogP contribution in [0.25, 0.3) is 0 Å². The van der Waals surface area contributed by atoms with E-state index in [1.54, 1.807) is 12.8 Å². The second-order valence-corrected chi connectivity index (χ2v) is 44.9. The summed E-state index contributed by atoms with van der Waals surface area (Å²) in [6.07, 6.45) is 3.20. The third kappa shape index (κ3) is 3.98. The maximum Gasteiger partial charge on any atom is 0.0453 e. The van der Waals surface area contributed by atoms with Crippen molar-refractivity contribution in [2.24, 2.45) is 0 Å². The Kier molecular flexibility index (Phi) is 6.75. The zero-order valence-corrected chi connectivity index (χ0v) is 26.9. The Morgan fingerprint density at radius 2 is 0.808 bits per heavy atom. The molecule has 1 aliphatic rings. The fourth-order valence-corrected chi connectivity index (χ4v) is 67.1. The summed E-state index contributed by atoms with van der Waals surface area (Å²) in [5, 5.41) is 0.508. The van der Waals surface area contributed by atoms with Gasteiger partial charge in [-0.25, -0.2) is 7.89 Å². The van der Waals surface area contributed by atoms with E-state index in [1.807, 2.05) is 0 Å². The Bertz CT molecular complexity index is 486. The van der Waals surface area contributed by atoms with E-state index in [0.29, 0.717) is 5.04 Å². The van der Waals surface area contributed by atoms with Gasteiger partial charge in [0.2, 0.25) is 0 Å². The molecule has 0 aliphatic carbocycles. The second-order valence-electron chi connectivity index (χ2n) is 14.1. The third-order valence-corrected chi connectivity index (χ3v) is 51.4. The smallest absolute Gasteiger partial charge is 0.0453 e. The van der Waals surface area contributed by atoms with Gasteiger partial charge >= 0.3 is 0 Å². The first kappa shape index (κ1) is 25.3. The molecule has 0 aromatic carbocycles. The van der Waals surface area contributed by atoms with Gasteiger partial charge in [-0.1, -0.05) is 121 Å². The van der Waals surface area contributed by atoms with Crippen molar-refractivity contribution in [3.63, 3.8) is 0 Å². The van der Waals surface area contributed by atoms with Gasteiger partial charge in [-0.15, -0.1) is 0 Å². The number of rotatable bonds is 4. The minimum atomic E-state index is -1.26. The molecular weight excluding hydrogens is 409 g/mol. The SMILES string of the molecule is CC(C)(C)[Si-]=[Si]1C([Si](C)(C)C)([Si](C)(C)C)CCC1([Si](C)(C)C)[Si](C)(C)C. The largest absolute Gasteiger partial charge is 0.451 e. The standard InChI is InChI=1S/C20H49Si6/c1-18(2,3)21-22-19(23(4,5)6,24(7,8)9)16-17-20(22,25(10,11)12)26(13,14)15/h16-17H2,1-15H3/q-1. The first-order chi connectivity index (χ1) is 11.0. The molecule has 0 N–H and O–H groups in total. The Labute approximate surface area is 174 Å². The number of hydrogen-bond acceptors (Lipinski definition) is 0. The van der Waals surface area contributed by atoms with Gasteiger partial charge in [0.1, 0.15) is 0 Å². The van der Waals surface area contributed by atoms with Crippen LogP contribution in [0.5, 0.6) is 0 Å². The summed E-state index contributed by atoms with van der Waals surface area (Å²) in [4.78, 5) is 0. The van der Waals surface area contributed by atoms with Gasteiger partial charge in [0.25, 0.3) is 0 Å². The highest BCUT2D eigenvalue weighted by Crippen LogP contribution is 2.68. The van der Waals surface area contributed by atoms with Crippen LogP contribution < -0.4 is 0 Å². The maximum absolute atomic E-state index is 2.76. The van der Waals surface area contributed by atoms with Gasteiger partial charge in [0.05, 0.1) is 0 Å². The van der Waals surface area contributed by atoms with E-state index in [2.05, 4.69) is 99.3 Å². The molecule has 0 nitrogen and oxygen atoms in total. The zero-order valence-electron chi connectivity index (χ0n) is 20.9. The Morgan fingerprint density at radius 1 is 0.577 bits per heavy atom. The van der Waals surface area contributed by atoms with Gasteiger partial charge in [-0.3, -0.25) is 0 Å². The summed E-state index contributed by atoms with van der Waals surface area (Å²) in [7, 11) is -4.23. The van der Waals surface area contributed by atoms with Gasteiger partial charge in [0, 0.05) is 32.3 Å². The van der Waals surface area contributed by atoms with Crippen LogP contribution in [0.2, 0.25) is 92.2 Å². The first-order valence-corrected chi connectivity index (χ1v) is 28.2. The molecule has 1 rings (SSSR count). The lowest BCUT2D eigenvalue weighted by molar-refractivity contribution is 0.763. The summed E-state index contributed by atoms with van der Waals surface area (Å²) in [6.45, 7) is 40.8. The Morgan fingerprint density at radius 3 is 0.962 bits per heavy atom. The second kappa shape index (κ2) is 6.93. The lowest BCUT2D eigenvalue weighted by Crippen LogP contribution is -2.66. The predicted octanol–water partition coefficient (Wildman–Crippen LogP) is 7.68. The van der Waals surface area contributed by atoms with E-state index in [4.69, 9.17) is 0 Å². The average molecular weight is 458 g/mol. The van der Waals surface area contributed by atoms with Crippen LogP contribution in [0.3, 0.4) is 0 Å². The van der Waals surface area contributed by atoms with Crippen LogP contribution in [-0.4, -0.2) is 48.8 Å². The van der Waals surface area contributed by atoms with Crippen molar-refractivity contribution in [3.05, 3.63) is 0 Å². The molecule has 6 heteroatoms. The molecular formula is C20H49Si6-. The summed E-state index contributed by atoms with van der Waals surface area (Å²) < 4.78 is 1.61. The van der Waals surface area contributed by atoms with Gasteiger partial charge in [0.15, 0.2) is 0 Å². The molecule has 0 bridgehead atoms. The highest BCUT2D eigenvalue weighted by molar-refractivity contribution is 7.25. The maximum atomic E-state index is 2.76. The van der Waals surface area contributed by atoms with Crippen LogP contribution >= 0.6 is 0 Å². The first-order valence-electron chi connectivity index (χ1n) is 10.7. The predicted molar refractivity (Wildman–Crippen MR) is 139 cm³/mol. The van der Waals surface area contributed by atoms with E-state index in [0.717, 1.165) is 8.57 Å². The molecule has 0 atom stereocenters. The van der Waals surface area contributed by atoms with Crippen LogP contribution in [0.1, 0.15) is 33.6 Å². The summed E-state index contributed by atoms with van der Waals surface area (Å²) in [5.74, 6) is 0. The molecule has 0 radical (unpaired) electrons. The normalized spacial score (nSPS) is 21.9. The van der Waals surface area contributed by atoms with Crippen molar-refractivity contribution in [1.82, 2.24) is 0 Å². The third-order valence-electron chi connectivity index (χ3n) is 7.35. The zero-order chi connectivity index (χ0) is 21.2. The minimum absolute atomic E-state index is 0.419. The molecule has 0 amide bonds. The monoisotopic (exact) mass is 457 g/mol. The molecule has 1 fully saturated rings. The lowest BCUT2D eigenvalue weighted by Gasteiger charge is -2.63. The topological polar surface area (TPSA) is 0 Å². The van der Waals surface area contributed by atoms with Crippen molar-refractivity contribution in [3.8, 4) is 0 Å². The molecule has 0 aromatic heterocycles. The molecule has 0 spiro atoms. The van der Waals surface area contributed by atoms with Crippen molar-refractivity contribution in [2.75, 3.05) is 0 Å². The molecule has 1 aliphatic heterocycles. The Hall–Kier alpha value is 1.30. The highest BCUT2D eigenvalue weighted by Gasteiger charge is 2.65. The van der Waals surface area contributed by atoms with Gasteiger partial charge < -0.3 is 8.61 Å². The Balaban J connectivity index is 4.11. The summed E-state index contributed by atoms with van der Waals surface area (Å²) >= 11 is 0. The molecule has 26 heavy (non-hydrogen) atoms. The average Bonchev–Trinajstić information content (AvgIpc) is 2.60. The molecule has 0 aromatic rings. The van der Waals surface area contributed by atoms with E-state index < -0.39 is 40.2 Å². The molecule has 0 saturated carbocycles. The molecule has 1 heterocycles. The summed E-state index contributed by atoms with van der Waals surface area (Å²) in [6, 6.07) is 0. The van der Waals surface area contributed by atoms with Crippen molar-refractivity contribution >= 4 is 48.8 Å². The fraction of sp³-hybridized carbons (Fsp3) is 1.00. The fourth-order valence-electron chi connectivity index (χ4n) is 6.83. The van der Waals surface area contributed by atoms with Crippen LogP contribution in [0.15, 0.2) is 0 Å². The van der Waals surface area contributed by atoms with Crippen LogP contribution in [-0.2, 0) is 0 Å². The van der Waals surface area contributed by atoms with Gasteiger partial charge in [-0.05, 0) is 0 Å². The quantitative estimate of drug-likeness (QED) is 0.379. The van der Waals surface area contributed by atoms with Crippen molar-refractivity contribution < 1.29 is 0 Å². The van der Waals surface area contributed by atoms with E-state index in [9.17, 15) is 0 Å². The van der Waals surface area contributed by atoms with Crippen LogP contribution in [0, 0.1) is 0 Å². The minimum Gasteiger partial charge on any atom is -0.451 e. The van der Waals surface area contributed by atoms with E-state index in [-0.39, 0.29) is 0 Å². The van der Waals surface area contributed by atoms with E-state index >= 15 is 0 Å². The van der Waals surface area contributed by atoms with Crippen molar-refractivity contribution in [1.29, 1.82) is 0 Å². The molecule has 1 saturated heterocycles. The lowest BCUT2D eigenvalue weighted by atomic mass is 10.3. The molecule has 0 unspecified atom stereocenters. The van der Waals surface area contributed by atoms with Crippen molar-refractivity contribution in [2.45, 2.75) is 126 Å². The van der Waals surface area contributed by atoms with Crippen LogP contribution in [0.4, 0.5) is 0 Å². The van der Waals surface area contributed by atoms with E-state index in [1.165, 1.54) is 8.61 Å². The number of hydrogen-bond donors (Lipinski definition) is 0. The highest BCUT2D eigenvalue weighted by atomic mass is 28.9. The van der Waals surface area contributed by atoms with Gasteiger partial charge in [-0.2, -0.15) is 5.04 Å². The summed E-state index contributed by atoms with van der Waals surface area (Å²) in [5.41, 5.74) is 0.